The molecule has 0 unspecified atom stereocenters. The number of hydrogen-bond acceptors (Lipinski definition) is 6. The SMILES string of the molecule is CCCCCc1ccc(C(=O)NC2CCC(Nc3nc(N(C)C)c4ccccc4n3)CC2)cc1.O=C(O)C(F)(F)F. The Morgan fingerprint density at radius 3 is 2.15 bits per heavy atom. The highest BCUT2D eigenvalue weighted by molar-refractivity contribution is 5.94. The van der Waals surface area contributed by atoms with Crippen LogP contribution in [0, 0.1) is 0 Å². The van der Waals surface area contributed by atoms with Crippen molar-refractivity contribution in [2.45, 2.75) is 76.6 Å². The Morgan fingerprint density at radius 2 is 1.56 bits per heavy atom. The van der Waals surface area contributed by atoms with Crippen molar-refractivity contribution >= 4 is 34.5 Å². The number of aliphatic carboxylic acids is 1. The Labute approximate surface area is 238 Å². The standard InChI is InChI=1S/C28H37N5O.C2HF3O2/c1-4-5-6-9-20-12-14-21(15-13-20)27(34)29-22-16-18-23(19-17-22)30-28-31-25-11-8-7-10-24(25)26(32-28)33(2)3;3-2(4,5)1(6)7/h7-8,10-15,22-23H,4-6,9,16-19H2,1-3H3,(H,29,34)(H,30,31,32);(H,6,7). The number of carboxylic acids is 1. The van der Waals surface area contributed by atoms with Crippen molar-refractivity contribution in [1.82, 2.24) is 15.3 Å². The van der Waals surface area contributed by atoms with Gasteiger partial charge in [0.25, 0.3) is 5.91 Å². The molecule has 1 aliphatic rings. The van der Waals surface area contributed by atoms with Crippen molar-refractivity contribution < 1.29 is 27.9 Å². The summed E-state index contributed by atoms with van der Waals surface area (Å²) in [6.45, 7) is 2.22. The summed E-state index contributed by atoms with van der Waals surface area (Å²) < 4.78 is 31.7. The number of fused-ring (bicyclic) bond motifs is 1. The second-order valence-electron chi connectivity index (χ2n) is 10.4. The van der Waals surface area contributed by atoms with E-state index in [1.165, 1.54) is 24.8 Å². The number of carboxylic acid groups (broad SMARTS) is 1. The fraction of sp³-hybridized carbons (Fsp3) is 0.467. The number of para-hydroxylation sites is 1. The minimum atomic E-state index is -5.08. The van der Waals surface area contributed by atoms with Gasteiger partial charge in [-0.05, 0) is 68.4 Å². The molecule has 1 aliphatic carbocycles. The number of nitrogens with zero attached hydrogens (tertiary/aromatic N) is 3. The second-order valence-corrected chi connectivity index (χ2v) is 10.4. The number of rotatable bonds is 9. The zero-order valence-electron chi connectivity index (χ0n) is 23.7. The predicted octanol–water partition coefficient (Wildman–Crippen LogP) is 6.21. The van der Waals surface area contributed by atoms with Gasteiger partial charge in [0, 0.05) is 37.1 Å². The Kier molecular flexibility index (Phi) is 11.3. The topological polar surface area (TPSA) is 107 Å². The van der Waals surface area contributed by atoms with Gasteiger partial charge in [0.15, 0.2) is 0 Å². The Bertz CT molecular complexity index is 1290. The highest BCUT2D eigenvalue weighted by atomic mass is 19.4. The van der Waals surface area contributed by atoms with Gasteiger partial charge in [-0.1, -0.05) is 44.0 Å². The molecule has 0 radical (unpaired) electrons. The summed E-state index contributed by atoms with van der Waals surface area (Å²) in [5.41, 5.74) is 3.01. The Balaban J connectivity index is 0.000000587. The number of amides is 1. The molecule has 1 fully saturated rings. The molecule has 0 aliphatic heterocycles. The van der Waals surface area contributed by atoms with Gasteiger partial charge in [-0.15, -0.1) is 0 Å². The first-order valence-electron chi connectivity index (χ1n) is 13.9. The molecule has 1 heterocycles. The molecule has 11 heteroatoms. The van der Waals surface area contributed by atoms with E-state index in [1.54, 1.807) is 0 Å². The molecule has 3 N–H and O–H groups in total. The molecule has 0 bridgehead atoms. The molecule has 8 nitrogen and oxygen atoms in total. The van der Waals surface area contributed by atoms with Gasteiger partial charge < -0.3 is 20.6 Å². The van der Waals surface area contributed by atoms with Crippen LogP contribution in [0.4, 0.5) is 24.9 Å². The van der Waals surface area contributed by atoms with Crippen LogP contribution in [0.25, 0.3) is 10.9 Å². The van der Waals surface area contributed by atoms with Crippen LogP contribution in [0.5, 0.6) is 0 Å². The number of halogens is 3. The van der Waals surface area contributed by atoms with Gasteiger partial charge in [0.05, 0.1) is 5.52 Å². The molecule has 0 spiro atoms. The maximum Gasteiger partial charge on any atom is 0.490 e. The number of unbranched alkanes of at least 4 members (excludes halogenated alkanes) is 2. The average Bonchev–Trinajstić information content (AvgIpc) is 2.94. The van der Waals surface area contributed by atoms with Crippen LogP contribution in [0.15, 0.2) is 48.5 Å². The molecule has 1 amide bonds. The number of aryl methyl sites for hydroxylation is 1. The number of hydrogen-bond donors (Lipinski definition) is 3. The maximum absolute atomic E-state index is 12.7. The summed E-state index contributed by atoms with van der Waals surface area (Å²) in [7, 11) is 4.01. The van der Waals surface area contributed by atoms with Crippen LogP contribution in [0.2, 0.25) is 0 Å². The van der Waals surface area contributed by atoms with E-state index in [1.807, 2.05) is 49.3 Å². The quantitative estimate of drug-likeness (QED) is 0.261. The molecule has 0 saturated heterocycles. The van der Waals surface area contributed by atoms with E-state index in [4.69, 9.17) is 19.9 Å². The fourth-order valence-electron chi connectivity index (χ4n) is 4.70. The van der Waals surface area contributed by atoms with Gasteiger partial charge in [-0.3, -0.25) is 4.79 Å². The molecule has 0 atom stereocenters. The van der Waals surface area contributed by atoms with Crippen LogP contribution in [0.3, 0.4) is 0 Å². The summed E-state index contributed by atoms with van der Waals surface area (Å²) in [6.07, 6.45) is 3.56. The van der Waals surface area contributed by atoms with Gasteiger partial charge in [-0.25, -0.2) is 9.78 Å². The molecule has 1 saturated carbocycles. The Morgan fingerprint density at radius 1 is 0.951 bits per heavy atom. The summed E-state index contributed by atoms with van der Waals surface area (Å²) >= 11 is 0. The first-order valence-corrected chi connectivity index (χ1v) is 13.9. The monoisotopic (exact) mass is 573 g/mol. The molecule has 222 valence electrons. The lowest BCUT2D eigenvalue weighted by Crippen LogP contribution is -2.40. The third-order valence-corrected chi connectivity index (χ3v) is 6.93. The number of benzene rings is 2. The lowest BCUT2D eigenvalue weighted by atomic mass is 9.91. The maximum atomic E-state index is 12.7. The van der Waals surface area contributed by atoms with E-state index in [0.29, 0.717) is 12.0 Å². The number of carbonyl (C=O) groups is 2. The first kappa shape index (κ1) is 31.6. The summed E-state index contributed by atoms with van der Waals surface area (Å²) in [4.78, 5) is 33.2. The van der Waals surface area contributed by atoms with Crippen molar-refractivity contribution in [3.8, 4) is 0 Å². The van der Waals surface area contributed by atoms with E-state index in [-0.39, 0.29) is 11.9 Å². The first-order chi connectivity index (χ1) is 19.5. The van der Waals surface area contributed by atoms with Crippen molar-refractivity contribution in [2.75, 3.05) is 24.3 Å². The van der Waals surface area contributed by atoms with Crippen molar-refractivity contribution in [2.24, 2.45) is 0 Å². The van der Waals surface area contributed by atoms with Gasteiger partial charge in [0.1, 0.15) is 5.82 Å². The molecule has 2 aromatic carbocycles. The lowest BCUT2D eigenvalue weighted by molar-refractivity contribution is -0.192. The van der Waals surface area contributed by atoms with E-state index >= 15 is 0 Å². The molecule has 4 rings (SSSR count). The molecular weight excluding hydrogens is 535 g/mol. The number of alkyl halides is 3. The summed E-state index contributed by atoms with van der Waals surface area (Å²) in [6, 6.07) is 16.7. The normalized spacial score (nSPS) is 16.8. The number of carbonyl (C=O) groups excluding carboxylic acids is 1. The van der Waals surface area contributed by atoms with E-state index in [9.17, 15) is 18.0 Å². The average molecular weight is 574 g/mol. The largest absolute Gasteiger partial charge is 0.490 e. The number of nitrogens with one attached hydrogen (secondary N) is 2. The predicted molar refractivity (Wildman–Crippen MR) is 154 cm³/mol. The smallest absolute Gasteiger partial charge is 0.475 e. The molecule has 1 aromatic heterocycles. The zero-order chi connectivity index (χ0) is 30.0. The zero-order valence-corrected chi connectivity index (χ0v) is 23.7. The highest BCUT2D eigenvalue weighted by Crippen LogP contribution is 2.26. The van der Waals surface area contributed by atoms with E-state index in [2.05, 4.69) is 35.8 Å². The van der Waals surface area contributed by atoms with Crippen LogP contribution in [-0.4, -0.2) is 59.3 Å². The molecule has 41 heavy (non-hydrogen) atoms. The van der Waals surface area contributed by atoms with Crippen LogP contribution in [0.1, 0.15) is 67.8 Å². The van der Waals surface area contributed by atoms with Crippen LogP contribution in [-0.2, 0) is 11.2 Å². The van der Waals surface area contributed by atoms with Gasteiger partial charge in [0.2, 0.25) is 5.95 Å². The van der Waals surface area contributed by atoms with Crippen molar-refractivity contribution in [3.05, 3.63) is 59.7 Å². The van der Waals surface area contributed by atoms with Crippen molar-refractivity contribution in [1.29, 1.82) is 0 Å². The van der Waals surface area contributed by atoms with Crippen molar-refractivity contribution in [3.63, 3.8) is 0 Å². The van der Waals surface area contributed by atoms with Crippen LogP contribution < -0.4 is 15.5 Å². The van der Waals surface area contributed by atoms with Crippen LogP contribution >= 0.6 is 0 Å². The Hall–Kier alpha value is -3.89. The van der Waals surface area contributed by atoms with E-state index < -0.39 is 12.1 Å². The minimum Gasteiger partial charge on any atom is -0.475 e. The minimum absolute atomic E-state index is 0.0324. The summed E-state index contributed by atoms with van der Waals surface area (Å²) in [5.74, 6) is -1.13. The fourth-order valence-corrected chi connectivity index (χ4v) is 4.70. The third kappa shape index (κ3) is 9.61. The highest BCUT2D eigenvalue weighted by Gasteiger charge is 2.38. The lowest BCUT2D eigenvalue weighted by Gasteiger charge is -2.30. The molecular formula is C30H38F3N5O3. The third-order valence-electron chi connectivity index (χ3n) is 6.93. The summed E-state index contributed by atoms with van der Waals surface area (Å²) in [5, 5.41) is 15.0. The number of anilines is 2. The van der Waals surface area contributed by atoms with Gasteiger partial charge in [-0.2, -0.15) is 18.2 Å². The van der Waals surface area contributed by atoms with E-state index in [0.717, 1.165) is 54.4 Å². The second kappa shape index (κ2) is 14.7. The molecule has 3 aromatic rings. The van der Waals surface area contributed by atoms with Gasteiger partial charge >= 0.3 is 12.1 Å². The number of aromatic nitrogens is 2.